The normalized spacial score (nSPS) is 40.8. The summed E-state index contributed by atoms with van der Waals surface area (Å²) in [6.07, 6.45) is 13.5. The number of cyclic esters (lactones) is 1. The van der Waals surface area contributed by atoms with Gasteiger partial charge < -0.3 is 49.6 Å². The van der Waals surface area contributed by atoms with Crippen LogP contribution in [0.4, 0.5) is 0 Å². The number of nitrogens with zero attached hydrogens (tertiary/aromatic N) is 1. The fraction of sp³-hybridized carbons (Fsp3) is 0.760. The first-order valence-electron chi connectivity index (χ1n) is 23.7. The van der Waals surface area contributed by atoms with Crippen LogP contribution in [-0.2, 0) is 42.9 Å². The second-order valence-electron chi connectivity index (χ2n) is 19.4. The molecule has 64 heavy (non-hydrogen) atoms. The third-order valence-electron chi connectivity index (χ3n) is 14.3. The highest BCUT2D eigenvalue weighted by atomic mass is 16.6. The zero-order valence-electron chi connectivity index (χ0n) is 40.0. The maximum Gasteiger partial charge on any atom is 0.329 e. The smallest absolute Gasteiger partial charge is 0.329 e. The Morgan fingerprint density at radius 3 is 2.20 bits per heavy atom. The van der Waals surface area contributed by atoms with E-state index >= 15 is 0 Å². The van der Waals surface area contributed by atoms with Gasteiger partial charge in [-0.1, -0.05) is 64.2 Å². The number of nitrogens with two attached hydrogens (primary N) is 1. The molecule has 14 nitrogen and oxygen atoms in total. The van der Waals surface area contributed by atoms with Crippen LogP contribution in [-0.4, -0.2) is 132 Å². The molecule has 4 rings (SSSR count). The van der Waals surface area contributed by atoms with E-state index in [4.69, 9.17) is 29.4 Å². The molecule has 14 heteroatoms. The summed E-state index contributed by atoms with van der Waals surface area (Å²) < 4.78 is 29.7. The van der Waals surface area contributed by atoms with E-state index in [-0.39, 0.29) is 42.9 Å². The highest BCUT2D eigenvalue weighted by molar-refractivity contribution is 6.39. The molecule has 3 heterocycles. The van der Waals surface area contributed by atoms with Crippen molar-refractivity contribution in [1.82, 2.24) is 4.90 Å². The maximum absolute atomic E-state index is 14.3. The minimum atomic E-state index is -2.40. The van der Waals surface area contributed by atoms with Crippen molar-refractivity contribution in [3.63, 3.8) is 0 Å². The first-order chi connectivity index (χ1) is 30.3. The summed E-state index contributed by atoms with van der Waals surface area (Å²) in [7, 11) is 4.93. The number of carbonyl (C=O) groups is 4. The van der Waals surface area contributed by atoms with Gasteiger partial charge in [0.05, 0.1) is 24.4 Å². The van der Waals surface area contributed by atoms with E-state index in [1.54, 1.807) is 42.1 Å². The molecule has 4 aliphatic rings. The van der Waals surface area contributed by atoms with Crippen molar-refractivity contribution in [2.45, 2.75) is 186 Å². The number of aliphatic hydroxyl groups excluding tert-OH is 2. The number of carbonyl (C=O) groups excluding carboxylic acids is 4. The number of methoxy groups -OCH3 is 3. The Morgan fingerprint density at radius 2 is 1.52 bits per heavy atom. The van der Waals surface area contributed by atoms with Crippen LogP contribution in [0.15, 0.2) is 47.6 Å². The zero-order chi connectivity index (χ0) is 47.3. The van der Waals surface area contributed by atoms with Crippen molar-refractivity contribution in [1.29, 1.82) is 0 Å². The Labute approximate surface area is 382 Å². The molecule has 3 aliphatic heterocycles. The molecule has 5 N–H and O–H groups in total. The van der Waals surface area contributed by atoms with Crippen molar-refractivity contribution >= 4 is 23.4 Å². The maximum atomic E-state index is 14.3. The lowest BCUT2D eigenvalue weighted by Gasteiger charge is -2.42. The van der Waals surface area contributed by atoms with Gasteiger partial charge in [0.1, 0.15) is 24.4 Å². The number of fused-ring (bicyclic) bond motifs is 3. The number of ketones is 2. The lowest BCUT2D eigenvalue weighted by molar-refractivity contribution is -0.265. The first-order valence-corrected chi connectivity index (χ1v) is 23.7. The molecule has 362 valence electrons. The van der Waals surface area contributed by atoms with Crippen LogP contribution in [0.3, 0.4) is 0 Å². The van der Waals surface area contributed by atoms with Gasteiger partial charge in [-0.3, -0.25) is 14.4 Å². The third-order valence-corrected chi connectivity index (χ3v) is 14.3. The molecule has 1 saturated carbocycles. The average molecular weight is 901 g/mol. The molecule has 2 saturated heterocycles. The van der Waals surface area contributed by atoms with Crippen LogP contribution in [0, 0.1) is 29.6 Å². The molecule has 0 aromatic carbocycles. The Morgan fingerprint density at radius 1 is 0.797 bits per heavy atom. The second-order valence-corrected chi connectivity index (χ2v) is 19.4. The zero-order valence-corrected chi connectivity index (χ0v) is 40.0. The van der Waals surface area contributed by atoms with Crippen LogP contribution in [0.5, 0.6) is 0 Å². The molecular formula is C50H80N2O12. The number of amides is 1. The Balaban J connectivity index is 1.66. The van der Waals surface area contributed by atoms with E-state index in [0.717, 1.165) is 24.8 Å². The standard InChI is InChI=1S/C50H80N2O12/c1-30-15-11-10-12-16-32(3)42(61-8)29-37-21-19-35(6)50(59,64-37)47(56)48(57)52-24-14-13-17-39(52)49(58)63-40(38(51)27-36-20-23-41(60-7)43(28-36)62-9)22-18-31(2)26-34(5)45(54)46(55)44(53)33(4)25-30/h10-12,15-16,26,30-31,33,35-43,45-46,54-55,59H,13-14,17-25,27-29,51H2,1-9H3/b12-10+,15-11+,32-16+,34-26+/t30-,31+,33-,35-,36?,37+,38-,39+,40+,41-,42+,43-,45-,46+,50-/m1/s1. The number of allylic oxidation sites excluding steroid dienone is 6. The van der Waals surface area contributed by atoms with Crippen molar-refractivity contribution < 1.29 is 58.2 Å². The van der Waals surface area contributed by atoms with E-state index < -0.39 is 83.7 Å². The largest absolute Gasteiger partial charge is 0.459 e. The third kappa shape index (κ3) is 14.2. The van der Waals surface area contributed by atoms with Crippen LogP contribution >= 0.6 is 0 Å². The van der Waals surface area contributed by atoms with E-state index in [0.29, 0.717) is 63.4 Å². The summed E-state index contributed by atoms with van der Waals surface area (Å²) in [5.74, 6) is -6.76. The van der Waals surface area contributed by atoms with Crippen LogP contribution in [0.25, 0.3) is 0 Å². The van der Waals surface area contributed by atoms with Crippen molar-refractivity contribution in [2.24, 2.45) is 35.3 Å². The molecule has 0 spiro atoms. The van der Waals surface area contributed by atoms with E-state index in [2.05, 4.69) is 0 Å². The van der Waals surface area contributed by atoms with Gasteiger partial charge in [0.2, 0.25) is 5.79 Å². The molecular weight excluding hydrogens is 821 g/mol. The number of hydrogen-bond donors (Lipinski definition) is 4. The number of ether oxygens (including phenoxy) is 5. The second kappa shape index (κ2) is 25.2. The lowest BCUT2D eigenvalue weighted by Crippen LogP contribution is -2.61. The number of Topliss-reactive ketones (excluding diaryl/α,β-unsaturated/α-hetero) is 2. The van der Waals surface area contributed by atoms with Gasteiger partial charge in [-0.15, -0.1) is 0 Å². The highest BCUT2D eigenvalue weighted by Crippen LogP contribution is 2.37. The molecule has 15 atom stereocenters. The van der Waals surface area contributed by atoms with Gasteiger partial charge >= 0.3 is 5.97 Å². The van der Waals surface area contributed by atoms with E-state index in [1.807, 2.05) is 57.2 Å². The molecule has 3 fully saturated rings. The number of rotatable bonds is 6. The summed E-state index contributed by atoms with van der Waals surface area (Å²) in [6, 6.07) is -1.65. The summed E-state index contributed by atoms with van der Waals surface area (Å²) in [4.78, 5) is 57.3. The molecule has 1 unspecified atom stereocenters. The molecule has 0 aromatic rings. The number of piperidine rings is 1. The molecule has 0 radical (unpaired) electrons. The summed E-state index contributed by atoms with van der Waals surface area (Å²) >= 11 is 0. The summed E-state index contributed by atoms with van der Waals surface area (Å²) in [5.41, 5.74) is 8.28. The number of esters is 1. The molecule has 1 amide bonds. The first kappa shape index (κ1) is 53.5. The van der Waals surface area contributed by atoms with Crippen molar-refractivity contribution in [3.05, 3.63) is 47.6 Å². The van der Waals surface area contributed by atoms with Crippen molar-refractivity contribution in [3.8, 4) is 0 Å². The topological polar surface area (TPSA) is 204 Å². The minimum absolute atomic E-state index is 0.00702. The predicted octanol–water partition coefficient (Wildman–Crippen LogP) is 5.69. The molecule has 1 aliphatic carbocycles. The Kier molecular flexibility index (Phi) is 21.0. The fourth-order valence-electron chi connectivity index (χ4n) is 10.1. The monoisotopic (exact) mass is 901 g/mol. The van der Waals surface area contributed by atoms with Crippen LogP contribution in [0.1, 0.15) is 125 Å². The van der Waals surface area contributed by atoms with Crippen molar-refractivity contribution in [2.75, 3.05) is 27.9 Å². The average Bonchev–Trinajstić information content (AvgIpc) is 3.28. The van der Waals surface area contributed by atoms with Gasteiger partial charge in [-0.05, 0) is 120 Å². The van der Waals surface area contributed by atoms with Gasteiger partial charge in [0.15, 0.2) is 5.78 Å². The number of aliphatic hydroxyl groups is 3. The Bertz CT molecular complexity index is 1680. The summed E-state index contributed by atoms with van der Waals surface area (Å²) in [5, 5.41) is 34.1. The lowest BCUT2D eigenvalue weighted by atomic mass is 9.80. The fourth-order valence-corrected chi connectivity index (χ4v) is 10.1. The summed E-state index contributed by atoms with van der Waals surface area (Å²) in [6.45, 7) is 11.1. The van der Waals surface area contributed by atoms with Gasteiger partial charge in [-0.2, -0.15) is 0 Å². The minimum Gasteiger partial charge on any atom is -0.459 e. The van der Waals surface area contributed by atoms with Gasteiger partial charge in [-0.25, -0.2) is 4.79 Å². The Hall–Kier alpha value is -3.08. The van der Waals surface area contributed by atoms with Crippen LogP contribution < -0.4 is 5.73 Å². The molecule has 0 aromatic heterocycles. The SMILES string of the molecule is CO[C@H]1C[C@@H]2CC[C@@H](C)[C@@](O)(O2)C(=O)C(=O)N2CCCC[C@H]2C(=O)O[C@H]([C@H](N)CC2CC[C@@H](OC)[C@H](OC)C2)CC[C@H](C)/C=C(\C)[C@@H](O)[C@@H](O)C(=O)[C@H](C)C[C@H](C)/C=C/C=C/C=C/1C. The van der Waals surface area contributed by atoms with Gasteiger partial charge in [0, 0.05) is 52.2 Å². The predicted molar refractivity (Wildman–Crippen MR) is 244 cm³/mol. The van der Waals surface area contributed by atoms with E-state index in [1.165, 1.54) is 4.90 Å². The highest BCUT2D eigenvalue weighted by Gasteiger charge is 2.53. The van der Waals surface area contributed by atoms with Gasteiger partial charge in [0.25, 0.3) is 11.7 Å². The number of hydrogen-bond acceptors (Lipinski definition) is 13. The van der Waals surface area contributed by atoms with Crippen LogP contribution in [0.2, 0.25) is 0 Å². The quantitative estimate of drug-likeness (QED) is 0.144. The van der Waals surface area contributed by atoms with E-state index in [9.17, 15) is 34.5 Å². The molecule has 2 bridgehead atoms.